The number of phenols is 2. The van der Waals surface area contributed by atoms with Crippen LogP contribution in [0.2, 0.25) is 0 Å². The van der Waals surface area contributed by atoms with Crippen molar-refractivity contribution in [2.24, 2.45) is 0 Å². The molecule has 254 valence electrons. The van der Waals surface area contributed by atoms with Crippen LogP contribution in [0, 0.1) is 0 Å². The molecule has 2 nitrogen and oxygen atoms in total. The van der Waals surface area contributed by atoms with Crippen LogP contribution in [0.4, 0.5) is 0 Å². The summed E-state index contributed by atoms with van der Waals surface area (Å²) in [5.41, 5.74) is 14.1. The number of para-hydroxylation sites is 2. The number of rotatable bonds is 6. The third-order valence-electron chi connectivity index (χ3n) is 12.4. The Kier molecular flexibility index (Phi) is 8.27. The van der Waals surface area contributed by atoms with Gasteiger partial charge in [0.15, 0.2) is 0 Å². The first-order valence-electron chi connectivity index (χ1n) is 19.2. The smallest absolute Gasteiger partial charge is 0.123 e. The molecule has 0 atom stereocenters. The minimum absolute atomic E-state index is 0.338. The Balaban J connectivity index is 1.34. The van der Waals surface area contributed by atoms with Crippen molar-refractivity contribution in [1.82, 2.24) is 0 Å². The molecule has 2 fully saturated rings. The molecular formula is C49H46O2. The zero-order valence-corrected chi connectivity index (χ0v) is 29.3. The van der Waals surface area contributed by atoms with E-state index in [0.29, 0.717) is 23.3 Å². The van der Waals surface area contributed by atoms with Gasteiger partial charge in [0.1, 0.15) is 11.5 Å². The highest BCUT2D eigenvalue weighted by Gasteiger charge is 2.47. The Bertz CT molecular complexity index is 2060. The topological polar surface area (TPSA) is 40.5 Å². The van der Waals surface area contributed by atoms with Crippen molar-refractivity contribution in [3.05, 3.63) is 167 Å². The normalized spacial score (nSPS) is 17.2. The fraction of sp³-hybridized carbons (Fsp3) is 0.265. The summed E-state index contributed by atoms with van der Waals surface area (Å²) in [7, 11) is 0. The van der Waals surface area contributed by atoms with Crippen molar-refractivity contribution in [3.8, 4) is 44.9 Å². The van der Waals surface area contributed by atoms with Crippen LogP contribution in [-0.4, -0.2) is 10.2 Å². The van der Waals surface area contributed by atoms with E-state index >= 15 is 0 Å². The third kappa shape index (κ3) is 5.30. The number of phenolic OH excluding ortho intramolecular Hbond substituents is 2. The summed E-state index contributed by atoms with van der Waals surface area (Å²) in [4.78, 5) is 0. The van der Waals surface area contributed by atoms with E-state index in [1.54, 1.807) is 0 Å². The molecule has 0 spiro atoms. The van der Waals surface area contributed by atoms with Gasteiger partial charge in [0, 0.05) is 11.1 Å². The first-order valence-corrected chi connectivity index (χ1v) is 19.2. The van der Waals surface area contributed by atoms with E-state index < -0.39 is 5.41 Å². The lowest BCUT2D eigenvalue weighted by Gasteiger charge is -2.37. The van der Waals surface area contributed by atoms with Crippen LogP contribution in [0.15, 0.2) is 133 Å². The molecule has 3 aliphatic rings. The number of fused-ring (bicyclic) bond motifs is 3. The Morgan fingerprint density at radius 3 is 1.16 bits per heavy atom. The molecule has 2 heteroatoms. The van der Waals surface area contributed by atoms with Gasteiger partial charge >= 0.3 is 0 Å². The summed E-state index contributed by atoms with van der Waals surface area (Å²) in [6, 6.07) is 48.1. The monoisotopic (exact) mass is 666 g/mol. The molecule has 0 unspecified atom stereocenters. The number of benzene rings is 6. The van der Waals surface area contributed by atoms with Gasteiger partial charge in [0.25, 0.3) is 0 Å². The molecule has 6 aromatic carbocycles. The van der Waals surface area contributed by atoms with Crippen molar-refractivity contribution in [2.75, 3.05) is 0 Å². The lowest BCUT2D eigenvalue weighted by atomic mass is 9.65. The van der Waals surface area contributed by atoms with Crippen molar-refractivity contribution in [1.29, 1.82) is 0 Å². The van der Waals surface area contributed by atoms with Crippen LogP contribution in [0.5, 0.6) is 11.5 Å². The summed E-state index contributed by atoms with van der Waals surface area (Å²) >= 11 is 0. The van der Waals surface area contributed by atoms with E-state index in [2.05, 4.69) is 97.1 Å². The van der Waals surface area contributed by atoms with Crippen molar-refractivity contribution in [2.45, 2.75) is 81.5 Å². The van der Waals surface area contributed by atoms with Crippen LogP contribution in [0.25, 0.3) is 33.4 Å². The molecule has 2 saturated carbocycles. The quantitative estimate of drug-likeness (QED) is 0.185. The van der Waals surface area contributed by atoms with Crippen LogP contribution in [0.3, 0.4) is 0 Å². The van der Waals surface area contributed by atoms with E-state index in [4.69, 9.17) is 0 Å². The van der Waals surface area contributed by atoms with Crippen molar-refractivity contribution < 1.29 is 10.2 Å². The average molecular weight is 667 g/mol. The van der Waals surface area contributed by atoms with Crippen LogP contribution in [0.1, 0.15) is 109 Å². The molecule has 9 rings (SSSR count). The Labute approximate surface area is 302 Å². The minimum atomic E-state index is -0.533. The maximum absolute atomic E-state index is 11.1. The average Bonchev–Trinajstić information content (AvgIpc) is 3.50. The highest BCUT2D eigenvalue weighted by molar-refractivity contribution is 5.87. The van der Waals surface area contributed by atoms with Gasteiger partial charge in [-0.3, -0.25) is 0 Å². The van der Waals surface area contributed by atoms with Gasteiger partial charge in [-0.25, -0.2) is 0 Å². The minimum Gasteiger partial charge on any atom is -0.507 e. The zero-order chi connectivity index (χ0) is 34.4. The molecule has 3 aliphatic carbocycles. The highest BCUT2D eigenvalue weighted by atomic mass is 16.3. The van der Waals surface area contributed by atoms with E-state index in [0.717, 1.165) is 22.3 Å². The molecule has 0 heterocycles. The maximum Gasteiger partial charge on any atom is 0.123 e. The maximum atomic E-state index is 11.1. The van der Waals surface area contributed by atoms with Gasteiger partial charge in [0.2, 0.25) is 0 Å². The molecule has 0 aliphatic heterocycles. The lowest BCUT2D eigenvalue weighted by Crippen LogP contribution is -2.29. The fourth-order valence-electron chi connectivity index (χ4n) is 10.0. The molecule has 0 radical (unpaired) electrons. The second-order valence-electron chi connectivity index (χ2n) is 15.1. The lowest BCUT2D eigenvalue weighted by molar-refractivity contribution is 0.443. The van der Waals surface area contributed by atoms with E-state index in [1.807, 2.05) is 36.4 Å². The van der Waals surface area contributed by atoms with Gasteiger partial charge in [-0.05, 0) is 105 Å². The molecule has 2 N–H and O–H groups in total. The van der Waals surface area contributed by atoms with Crippen molar-refractivity contribution in [3.63, 3.8) is 0 Å². The van der Waals surface area contributed by atoms with Gasteiger partial charge in [-0.2, -0.15) is 0 Å². The first kappa shape index (κ1) is 31.9. The van der Waals surface area contributed by atoms with Gasteiger partial charge in [-0.1, -0.05) is 160 Å². The van der Waals surface area contributed by atoms with Gasteiger partial charge in [-0.15, -0.1) is 0 Å². The molecule has 0 aromatic heterocycles. The predicted molar refractivity (Wildman–Crippen MR) is 210 cm³/mol. The van der Waals surface area contributed by atoms with Gasteiger partial charge < -0.3 is 10.2 Å². The van der Waals surface area contributed by atoms with Crippen LogP contribution in [-0.2, 0) is 5.41 Å². The third-order valence-corrected chi connectivity index (χ3v) is 12.4. The van der Waals surface area contributed by atoms with Crippen molar-refractivity contribution >= 4 is 0 Å². The van der Waals surface area contributed by atoms with Gasteiger partial charge in [0.05, 0.1) is 5.41 Å². The predicted octanol–water partition coefficient (Wildman–Crippen LogP) is 12.9. The summed E-state index contributed by atoms with van der Waals surface area (Å²) in [5.74, 6) is 1.56. The summed E-state index contributed by atoms with van der Waals surface area (Å²) in [6.45, 7) is 0. The molecule has 0 saturated heterocycles. The van der Waals surface area contributed by atoms with Crippen LogP contribution >= 0.6 is 0 Å². The first-order chi connectivity index (χ1) is 25.1. The van der Waals surface area contributed by atoms with Crippen LogP contribution < -0.4 is 0 Å². The SMILES string of the molecule is Oc1ccccc1-c1ccc(C2(c3ccc(-c4ccccc4O)c(C4CCCCC4)c3)c3ccccc3-c3ccccc32)cc1C1CCCCC1. The molecule has 0 amide bonds. The summed E-state index contributed by atoms with van der Waals surface area (Å²) in [5, 5.41) is 22.3. The van der Waals surface area contributed by atoms with E-state index in [-0.39, 0.29) is 0 Å². The molecule has 6 aromatic rings. The summed E-state index contributed by atoms with van der Waals surface area (Å²) < 4.78 is 0. The fourth-order valence-corrected chi connectivity index (χ4v) is 10.0. The largest absolute Gasteiger partial charge is 0.507 e. The molecule has 0 bridgehead atoms. The van der Waals surface area contributed by atoms with E-state index in [9.17, 15) is 10.2 Å². The second-order valence-corrected chi connectivity index (χ2v) is 15.1. The molecule has 51 heavy (non-hydrogen) atoms. The Hall–Kier alpha value is -5.08. The highest BCUT2D eigenvalue weighted by Crippen LogP contribution is 2.58. The number of hydrogen-bond donors (Lipinski definition) is 2. The summed E-state index contributed by atoms with van der Waals surface area (Å²) in [6.07, 6.45) is 12.2. The number of aromatic hydroxyl groups is 2. The number of hydrogen-bond acceptors (Lipinski definition) is 2. The van der Waals surface area contributed by atoms with E-state index in [1.165, 1.54) is 109 Å². The Morgan fingerprint density at radius 2 is 0.745 bits per heavy atom. The Morgan fingerprint density at radius 1 is 0.373 bits per heavy atom. The standard InChI is InChI=1S/C49H46O2/c50-47-25-13-9-21-41(47)37-29-27-35(31-43(37)33-15-3-1-4-16-33)49(45-23-11-7-19-39(45)40-20-8-12-24-46(40)49)36-28-30-38(42-22-10-14-26-48(42)51)44(32-36)34-17-5-2-6-18-34/h7-14,19-34,50-51H,1-6,15-18H2. The molecular weight excluding hydrogens is 621 g/mol. The second kappa shape index (κ2) is 13.2. The zero-order valence-electron chi connectivity index (χ0n) is 29.3.